The molecular weight excluding hydrogens is 312 g/mol. The van der Waals surface area contributed by atoms with Crippen molar-refractivity contribution in [2.75, 3.05) is 33.3 Å². The predicted octanol–water partition coefficient (Wildman–Crippen LogP) is 2.11. The number of halogens is 1. The second-order valence-electron chi connectivity index (χ2n) is 5.10. The Balaban J connectivity index is 1.87. The van der Waals surface area contributed by atoms with E-state index in [1.807, 2.05) is 0 Å². The summed E-state index contributed by atoms with van der Waals surface area (Å²) in [6.07, 6.45) is 3.30. The third kappa shape index (κ3) is 4.57. The smallest absolute Gasteiger partial charge is 0.240 e. The van der Waals surface area contributed by atoms with E-state index in [-0.39, 0.29) is 9.92 Å². The van der Waals surface area contributed by atoms with Gasteiger partial charge in [-0.1, -0.05) is 11.6 Å². The third-order valence-corrected chi connectivity index (χ3v) is 5.33. The van der Waals surface area contributed by atoms with Gasteiger partial charge in [-0.15, -0.1) is 0 Å². The highest BCUT2D eigenvalue weighted by Gasteiger charge is 2.16. The lowest BCUT2D eigenvalue weighted by Gasteiger charge is -2.14. The van der Waals surface area contributed by atoms with Crippen LogP contribution in [-0.4, -0.2) is 46.6 Å². The third-order valence-electron chi connectivity index (χ3n) is 3.58. The fourth-order valence-corrected chi connectivity index (χ4v) is 3.84. The van der Waals surface area contributed by atoms with Gasteiger partial charge in [0.2, 0.25) is 10.0 Å². The maximum Gasteiger partial charge on any atom is 0.240 e. The van der Waals surface area contributed by atoms with Crippen molar-refractivity contribution in [3.05, 3.63) is 23.2 Å². The molecule has 1 fully saturated rings. The van der Waals surface area contributed by atoms with E-state index in [9.17, 15) is 8.42 Å². The number of benzene rings is 1. The summed E-state index contributed by atoms with van der Waals surface area (Å²) in [7, 11) is -2.02. The summed E-state index contributed by atoms with van der Waals surface area (Å²) in [6.45, 7) is 3.62. The van der Waals surface area contributed by atoms with Gasteiger partial charge < -0.3 is 9.64 Å². The fraction of sp³-hybridized carbons (Fsp3) is 0.571. The highest BCUT2D eigenvalue weighted by atomic mass is 35.5. The highest BCUT2D eigenvalue weighted by molar-refractivity contribution is 7.89. The summed E-state index contributed by atoms with van der Waals surface area (Å²) in [4.78, 5) is 2.52. The maximum absolute atomic E-state index is 12.2. The zero-order valence-electron chi connectivity index (χ0n) is 12.1. The number of likely N-dealkylation sites (tertiary alicyclic amines) is 1. The standard InChI is InChI=1S/C14H21ClN2O3S/c1-20-14-6-5-12(11-13(14)15)21(18,19)16-7-4-10-17-8-2-3-9-17/h5-6,11,16H,2-4,7-10H2,1H3. The lowest BCUT2D eigenvalue weighted by Crippen LogP contribution is -2.28. The zero-order valence-corrected chi connectivity index (χ0v) is 13.7. The number of sulfonamides is 1. The highest BCUT2D eigenvalue weighted by Crippen LogP contribution is 2.26. The Labute approximate surface area is 131 Å². The molecule has 118 valence electrons. The Morgan fingerprint density at radius 3 is 2.67 bits per heavy atom. The Morgan fingerprint density at radius 2 is 2.05 bits per heavy atom. The second-order valence-corrected chi connectivity index (χ2v) is 7.27. The molecule has 1 N–H and O–H groups in total. The van der Waals surface area contributed by atoms with Crippen molar-refractivity contribution in [3.8, 4) is 5.75 Å². The average Bonchev–Trinajstić information content (AvgIpc) is 2.97. The number of methoxy groups -OCH3 is 1. The molecule has 0 atom stereocenters. The molecule has 1 saturated heterocycles. The van der Waals surface area contributed by atoms with Crippen LogP contribution in [-0.2, 0) is 10.0 Å². The summed E-state index contributed by atoms with van der Waals surface area (Å²) < 4.78 is 31.9. The zero-order chi connectivity index (χ0) is 15.3. The largest absolute Gasteiger partial charge is 0.495 e. The van der Waals surface area contributed by atoms with Crippen LogP contribution in [0.3, 0.4) is 0 Å². The lowest BCUT2D eigenvalue weighted by atomic mass is 10.3. The normalized spacial score (nSPS) is 16.3. The summed E-state index contributed by atoms with van der Waals surface area (Å²) in [6, 6.07) is 4.46. The molecule has 1 aromatic carbocycles. The number of rotatable bonds is 7. The van der Waals surface area contributed by atoms with Crippen LogP contribution in [0.1, 0.15) is 19.3 Å². The van der Waals surface area contributed by atoms with Crippen molar-refractivity contribution in [2.24, 2.45) is 0 Å². The Morgan fingerprint density at radius 1 is 1.33 bits per heavy atom. The number of hydrogen-bond acceptors (Lipinski definition) is 4. The maximum atomic E-state index is 12.2. The quantitative estimate of drug-likeness (QED) is 0.777. The molecule has 2 rings (SSSR count). The van der Waals surface area contributed by atoms with Crippen LogP contribution in [0.25, 0.3) is 0 Å². The van der Waals surface area contributed by atoms with Crippen molar-refractivity contribution in [2.45, 2.75) is 24.2 Å². The molecule has 0 spiro atoms. The summed E-state index contributed by atoms with van der Waals surface area (Å²) in [5, 5.41) is 0.289. The Kier molecular flexibility index (Phi) is 5.87. The number of nitrogens with zero attached hydrogens (tertiary/aromatic N) is 1. The van der Waals surface area contributed by atoms with Gasteiger partial charge >= 0.3 is 0 Å². The Hall–Kier alpha value is -0.820. The first-order valence-corrected chi connectivity index (χ1v) is 8.94. The average molecular weight is 333 g/mol. The molecule has 5 nitrogen and oxygen atoms in total. The molecule has 21 heavy (non-hydrogen) atoms. The molecular formula is C14H21ClN2O3S. The van der Waals surface area contributed by atoms with E-state index < -0.39 is 10.0 Å². The van der Waals surface area contributed by atoms with Crippen LogP contribution in [0.15, 0.2) is 23.1 Å². The van der Waals surface area contributed by atoms with Crippen LogP contribution in [0.2, 0.25) is 5.02 Å². The molecule has 1 aromatic rings. The molecule has 7 heteroatoms. The molecule has 0 aromatic heterocycles. The predicted molar refractivity (Wildman–Crippen MR) is 83.5 cm³/mol. The Bertz CT molecular complexity index is 572. The van der Waals surface area contributed by atoms with E-state index in [1.165, 1.54) is 32.1 Å². The first-order valence-electron chi connectivity index (χ1n) is 7.08. The van der Waals surface area contributed by atoms with Crippen LogP contribution in [0.4, 0.5) is 0 Å². The van der Waals surface area contributed by atoms with Crippen molar-refractivity contribution in [3.63, 3.8) is 0 Å². The van der Waals surface area contributed by atoms with Crippen LogP contribution < -0.4 is 9.46 Å². The number of ether oxygens (including phenoxy) is 1. The van der Waals surface area contributed by atoms with Gasteiger partial charge in [0.1, 0.15) is 5.75 Å². The number of hydrogen-bond donors (Lipinski definition) is 1. The van der Waals surface area contributed by atoms with Crippen molar-refractivity contribution in [1.82, 2.24) is 9.62 Å². The van der Waals surface area contributed by atoms with Gasteiger partial charge in [-0.2, -0.15) is 0 Å². The van der Waals surface area contributed by atoms with Crippen LogP contribution >= 0.6 is 11.6 Å². The van der Waals surface area contributed by atoms with Gasteiger partial charge in [-0.05, 0) is 57.1 Å². The number of nitrogens with one attached hydrogen (secondary N) is 1. The first-order chi connectivity index (χ1) is 10.0. The van der Waals surface area contributed by atoms with Gasteiger partial charge in [0.25, 0.3) is 0 Å². The van der Waals surface area contributed by atoms with E-state index in [4.69, 9.17) is 16.3 Å². The molecule has 1 heterocycles. The van der Waals surface area contributed by atoms with Gasteiger partial charge in [-0.3, -0.25) is 0 Å². The minimum atomic E-state index is -3.51. The lowest BCUT2D eigenvalue weighted by molar-refractivity contribution is 0.334. The minimum absolute atomic E-state index is 0.162. The van der Waals surface area contributed by atoms with E-state index in [0.717, 1.165) is 26.1 Å². The molecule has 0 saturated carbocycles. The molecule has 0 amide bonds. The van der Waals surface area contributed by atoms with E-state index in [2.05, 4.69) is 9.62 Å². The van der Waals surface area contributed by atoms with Gasteiger partial charge in [0.05, 0.1) is 17.0 Å². The SMILES string of the molecule is COc1ccc(S(=O)(=O)NCCCN2CCCC2)cc1Cl. The molecule has 0 radical (unpaired) electrons. The summed E-state index contributed by atoms with van der Waals surface area (Å²) in [5.41, 5.74) is 0. The topological polar surface area (TPSA) is 58.6 Å². The minimum Gasteiger partial charge on any atom is -0.495 e. The molecule has 0 unspecified atom stereocenters. The molecule has 0 bridgehead atoms. The van der Waals surface area contributed by atoms with Gasteiger partial charge in [-0.25, -0.2) is 13.1 Å². The van der Waals surface area contributed by atoms with Gasteiger partial charge in [0.15, 0.2) is 0 Å². The van der Waals surface area contributed by atoms with E-state index in [1.54, 1.807) is 6.07 Å². The summed E-state index contributed by atoms with van der Waals surface area (Å²) >= 11 is 5.96. The fourth-order valence-electron chi connectivity index (χ4n) is 2.41. The van der Waals surface area contributed by atoms with E-state index >= 15 is 0 Å². The first kappa shape index (κ1) is 16.5. The van der Waals surface area contributed by atoms with Crippen LogP contribution in [0.5, 0.6) is 5.75 Å². The molecule has 0 aliphatic carbocycles. The van der Waals surface area contributed by atoms with Gasteiger partial charge in [0, 0.05) is 6.54 Å². The molecule has 1 aliphatic rings. The van der Waals surface area contributed by atoms with Crippen LogP contribution in [0, 0.1) is 0 Å². The second kappa shape index (κ2) is 7.45. The van der Waals surface area contributed by atoms with E-state index in [0.29, 0.717) is 12.3 Å². The monoisotopic (exact) mass is 332 g/mol. The van der Waals surface area contributed by atoms with Crippen molar-refractivity contribution in [1.29, 1.82) is 0 Å². The molecule has 1 aliphatic heterocycles. The van der Waals surface area contributed by atoms with Crippen molar-refractivity contribution >= 4 is 21.6 Å². The van der Waals surface area contributed by atoms with Crippen molar-refractivity contribution < 1.29 is 13.2 Å². The summed E-state index contributed by atoms with van der Waals surface area (Å²) in [5.74, 6) is 0.463.